The molecule has 0 fully saturated rings. The van der Waals surface area contributed by atoms with Crippen LogP contribution in [0.3, 0.4) is 0 Å². The van der Waals surface area contributed by atoms with Crippen molar-refractivity contribution in [3.05, 3.63) is 12.2 Å². The van der Waals surface area contributed by atoms with Crippen LogP contribution in [-0.2, 0) is 4.79 Å². The average molecular weight is 921 g/mol. The molecule has 0 aromatic heterocycles. The summed E-state index contributed by atoms with van der Waals surface area (Å²) >= 11 is 0. The van der Waals surface area contributed by atoms with Gasteiger partial charge in [0.05, 0.1) is 18.8 Å². The van der Waals surface area contributed by atoms with Crippen molar-refractivity contribution in [2.24, 2.45) is 0 Å². The number of rotatable bonds is 55. The minimum atomic E-state index is -1.26. The number of carbonyl (C=O) groups is 1. The lowest BCUT2D eigenvalue weighted by molar-refractivity contribution is -0.132. The summed E-state index contributed by atoms with van der Waals surface area (Å²) in [5.41, 5.74) is 0. The fourth-order valence-electron chi connectivity index (χ4n) is 9.58. The van der Waals surface area contributed by atoms with Gasteiger partial charge in [0.1, 0.15) is 12.2 Å². The van der Waals surface area contributed by atoms with Gasteiger partial charge in [-0.25, -0.2) is 0 Å². The first-order valence-corrected chi connectivity index (χ1v) is 29.6. The number of amides is 1. The molecule has 65 heavy (non-hydrogen) atoms. The largest absolute Gasteiger partial charge is 0.394 e. The summed E-state index contributed by atoms with van der Waals surface area (Å²) in [7, 11) is 0. The van der Waals surface area contributed by atoms with E-state index in [0.29, 0.717) is 12.8 Å². The zero-order valence-corrected chi connectivity index (χ0v) is 44.0. The molecule has 0 aromatic carbocycles. The maximum atomic E-state index is 12.6. The minimum absolute atomic E-state index is 0.372. The van der Waals surface area contributed by atoms with Crippen molar-refractivity contribution in [2.45, 2.75) is 353 Å². The Bertz CT molecular complexity index is 944. The van der Waals surface area contributed by atoms with Gasteiger partial charge < -0.3 is 25.7 Å². The van der Waals surface area contributed by atoms with Crippen LogP contribution in [0.25, 0.3) is 0 Å². The lowest BCUT2D eigenvalue weighted by Gasteiger charge is -2.27. The Kier molecular flexibility index (Phi) is 53.2. The summed E-state index contributed by atoms with van der Waals surface area (Å²) in [5, 5.41) is 44.1. The molecular weight excluding hydrogens is 803 g/mol. The number of nitrogens with one attached hydrogen (secondary N) is 1. The normalized spacial score (nSPS) is 13.8. The van der Waals surface area contributed by atoms with Gasteiger partial charge in [0.25, 0.3) is 0 Å². The molecule has 6 nitrogen and oxygen atoms in total. The van der Waals surface area contributed by atoms with Crippen molar-refractivity contribution >= 4 is 5.91 Å². The van der Waals surface area contributed by atoms with Crippen molar-refractivity contribution in [1.29, 1.82) is 0 Å². The molecule has 388 valence electrons. The Labute approximate surface area is 406 Å². The van der Waals surface area contributed by atoms with Gasteiger partial charge in [0.15, 0.2) is 0 Å². The number of aliphatic hydroxyl groups is 4. The molecule has 0 aliphatic heterocycles. The Morgan fingerprint density at radius 3 is 0.892 bits per heavy atom. The van der Waals surface area contributed by atoms with Crippen LogP contribution in [0, 0.1) is 0 Å². The summed E-state index contributed by atoms with van der Waals surface area (Å²) < 4.78 is 0. The predicted octanol–water partition coefficient (Wildman–Crippen LogP) is 17.3. The van der Waals surface area contributed by atoms with Crippen LogP contribution >= 0.6 is 0 Å². The third-order valence-corrected chi connectivity index (χ3v) is 14.2. The predicted molar refractivity (Wildman–Crippen MR) is 284 cm³/mol. The van der Waals surface area contributed by atoms with E-state index in [2.05, 4.69) is 31.3 Å². The van der Waals surface area contributed by atoms with E-state index in [-0.39, 0.29) is 0 Å². The minimum Gasteiger partial charge on any atom is -0.394 e. The van der Waals surface area contributed by atoms with Crippen molar-refractivity contribution in [3.63, 3.8) is 0 Å². The van der Waals surface area contributed by atoms with Crippen LogP contribution in [0.4, 0.5) is 0 Å². The second kappa shape index (κ2) is 54.0. The molecule has 4 unspecified atom stereocenters. The maximum Gasteiger partial charge on any atom is 0.249 e. The molecule has 0 saturated heterocycles. The number of aliphatic hydroxyl groups excluding tert-OH is 4. The van der Waals surface area contributed by atoms with E-state index in [1.165, 1.54) is 263 Å². The standard InChI is InChI=1S/C59H117NO5/c1-3-5-7-9-11-13-15-17-19-21-23-25-26-27-28-29-30-31-33-35-37-39-41-43-45-47-49-51-53-57(63)59(65)60-55(54-61)58(64)56(62)52-50-48-46-44-42-40-38-36-34-32-24-22-20-18-16-14-12-10-8-6-4-2/h27-28,55-58,61-64H,3-26,29-54H2,1-2H3,(H,60,65)/b28-27-. The van der Waals surface area contributed by atoms with Gasteiger partial charge in [-0.3, -0.25) is 4.79 Å². The van der Waals surface area contributed by atoms with Gasteiger partial charge in [0.2, 0.25) is 5.91 Å². The number of allylic oxidation sites excluding steroid dienone is 2. The molecule has 0 bridgehead atoms. The van der Waals surface area contributed by atoms with Crippen LogP contribution in [0.15, 0.2) is 12.2 Å². The third kappa shape index (κ3) is 47.9. The van der Waals surface area contributed by atoms with Crippen LogP contribution in [0.2, 0.25) is 0 Å². The number of hydrogen-bond acceptors (Lipinski definition) is 5. The van der Waals surface area contributed by atoms with Gasteiger partial charge in [-0.2, -0.15) is 0 Å². The second-order valence-corrected chi connectivity index (χ2v) is 20.7. The Balaban J connectivity index is 3.58. The van der Waals surface area contributed by atoms with Crippen LogP contribution < -0.4 is 5.32 Å². The molecule has 4 atom stereocenters. The molecule has 0 aliphatic rings. The molecule has 1 amide bonds. The summed E-state index contributed by atoms with van der Waals surface area (Å²) in [6.45, 7) is 4.10. The van der Waals surface area contributed by atoms with Crippen molar-refractivity contribution < 1.29 is 25.2 Å². The van der Waals surface area contributed by atoms with Crippen molar-refractivity contribution in [2.75, 3.05) is 6.61 Å². The Morgan fingerprint density at radius 1 is 0.369 bits per heavy atom. The summed E-state index contributed by atoms with van der Waals surface area (Å²) in [6, 6.07) is -0.983. The Hall–Kier alpha value is -0.950. The van der Waals surface area contributed by atoms with Crippen molar-refractivity contribution in [1.82, 2.24) is 5.32 Å². The first-order valence-electron chi connectivity index (χ1n) is 29.6. The quantitative estimate of drug-likeness (QED) is 0.0308. The summed E-state index contributed by atoms with van der Waals surface area (Å²) in [6.07, 6.45) is 64.3. The van der Waals surface area contributed by atoms with Gasteiger partial charge >= 0.3 is 0 Å². The Morgan fingerprint density at radius 2 is 0.615 bits per heavy atom. The monoisotopic (exact) mass is 920 g/mol. The smallest absolute Gasteiger partial charge is 0.249 e. The summed E-state index contributed by atoms with van der Waals surface area (Å²) in [4.78, 5) is 12.6. The molecule has 0 radical (unpaired) electrons. The highest BCUT2D eigenvalue weighted by atomic mass is 16.3. The molecule has 0 aromatic rings. The van der Waals surface area contributed by atoms with Crippen molar-refractivity contribution in [3.8, 4) is 0 Å². The fraction of sp³-hybridized carbons (Fsp3) is 0.949. The van der Waals surface area contributed by atoms with E-state index >= 15 is 0 Å². The van der Waals surface area contributed by atoms with E-state index in [9.17, 15) is 25.2 Å². The first kappa shape index (κ1) is 64.0. The second-order valence-electron chi connectivity index (χ2n) is 20.7. The lowest BCUT2D eigenvalue weighted by atomic mass is 9.99. The van der Waals surface area contributed by atoms with E-state index in [0.717, 1.165) is 38.5 Å². The van der Waals surface area contributed by atoms with E-state index < -0.39 is 36.9 Å². The number of carbonyl (C=O) groups excluding carboxylic acids is 1. The highest BCUT2D eigenvalue weighted by Gasteiger charge is 2.28. The van der Waals surface area contributed by atoms with Gasteiger partial charge in [-0.1, -0.05) is 302 Å². The zero-order chi connectivity index (χ0) is 47.4. The first-order chi connectivity index (χ1) is 32.0. The molecule has 0 rings (SSSR count). The maximum absolute atomic E-state index is 12.6. The van der Waals surface area contributed by atoms with E-state index in [1.807, 2.05) is 0 Å². The third-order valence-electron chi connectivity index (χ3n) is 14.2. The van der Waals surface area contributed by atoms with E-state index in [1.54, 1.807) is 0 Å². The molecular formula is C59H117NO5. The molecule has 0 heterocycles. The number of unbranched alkanes of at least 4 members (excludes halogenated alkanes) is 44. The van der Waals surface area contributed by atoms with Gasteiger partial charge in [0, 0.05) is 0 Å². The number of hydrogen-bond donors (Lipinski definition) is 5. The van der Waals surface area contributed by atoms with Gasteiger partial charge in [-0.15, -0.1) is 0 Å². The SMILES string of the molecule is CCCCCCCCCCCCCC/C=C\CCCCCCCCCCCCCCC(O)C(=O)NC(CO)C(O)C(O)CCCCCCCCCCCCCCCCCCCCCCC. The topological polar surface area (TPSA) is 110 Å². The summed E-state index contributed by atoms with van der Waals surface area (Å²) in [5.74, 6) is -0.578. The van der Waals surface area contributed by atoms with Crippen LogP contribution in [0.5, 0.6) is 0 Å². The van der Waals surface area contributed by atoms with Crippen LogP contribution in [0.1, 0.15) is 328 Å². The highest BCUT2D eigenvalue weighted by molar-refractivity contribution is 5.80. The average Bonchev–Trinajstić information content (AvgIpc) is 3.31. The molecule has 0 spiro atoms. The molecule has 0 saturated carbocycles. The van der Waals surface area contributed by atoms with E-state index in [4.69, 9.17) is 0 Å². The molecule has 6 heteroatoms. The lowest BCUT2D eigenvalue weighted by Crippen LogP contribution is -2.53. The fourth-order valence-corrected chi connectivity index (χ4v) is 9.58. The molecule has 0 aliphatic carbocycles. The zero-order valence-electron chi connectivity index (χ0n) is 44.0. The molecule has 5 N–H and O–H groups in total. The van der Waals surface area contributed by atoms with Gasteiger partial charge in [-0.05, 0) is 38.5 Å². The highest BCUT2D eigenvalue weighted by Crippen LogP contribution is 2.18. The van der Waals surface area contributed by atoms with Crippen LogP contribution in [-0.4, -0.2) is 57.3 Å².